The molecular formula is C13H25NO. The molecule has 1 aliphatic rings. The first-order chi connectivity index (χ1) is 7.00. The van der Waals surface area contributed by atoms with Crippen LogP contribution in [0.4, 0.5) is 0 Å². The van der Waals surface area contributed by atoms with Crippen molar-refractivity contribution in [3.8, 4) is 0 Å². The van der Waals surface area contributed by atoms with Gasteiger partial charge in [0.1, 0.15) is 0 Å². The summed E-state index contributed by atoms with van der Waals surface area (Å²) in [6, 6.07) is 0. The average molecular weight is 211 g/mol. The molecule has 0 saturated heterocycles. The highest BCUT2D eigenvalue weighted by Gasteiger charge is 2.27. The Hall–Kier alpha value is -0.530. The van der Waals surface area contributed by atoms with Crippen molar-refractivity contribution in [2.75, 3.05) is 13.1 Å². The molecular weight excluding hydrogens is 186 g/mol. The minimum atomic E-state index is 0.149. The van der Waals surface area contributed by atoms with Gasteiger partial charge in [0, 0.05) is 19.0 Å². The van der Waals surface area contributed by atoms with Crippen molar-refractivity contribution in [2.45, 2.75) is 47.0 Å². The molecule has 0 atom stereocenters. The lowest BCUT2D eigenvalue weighted by atomic mass is 10.1. The van der Waals surface area contributed by atoms with E-state index in [0.717, 1.165) is 25.4 Å². The van der Waals surface area contributed by atoms with Crippen LogP contribution in [0.2, 0.25) is 0 Å². The lowest BCUT2D eigenvalue weighted by Crippen LogP contribution is -2.37. The zero-order chi connectivity index (χ0) is 11.4. The van der Waals surface area contributed by atoms with E-state index in [9.17, 15) is 4.79 Å². The summed E-state index contributed by atoms with van der Waals surface area (Å²) >= 11 is 0. The van der Waals surface area contributed by atoms with Crippen LogP contribution in [0, 0.1) is 17.8 Å². The van der Waals surface area contributed by atoms with Crippen LogP contribution in [-0.2, 0) is 4.79 Å². The molecule has 15 heavy (non-hydrogen) atoms. The summed E-state index contributed by atoms with van der Waals surface area (Å²) in [6.07, 6.45) is 3.78. The van der Waals surface area contributed by atoms with Gasteiger partial charge < -0.3 is 4.90 Å². The Kier molecular flexibility index (Phi) is 4.62. The Balaban J connectivity index is 2.40. The first kappa shape index (κ1) is 12.5. The van der Waals surface area contributed by atoms with Crippen LogP contribution in [-0.4, -0.2) is 23.9 Å². The van der Waals surface area contributed by atoms with Gasteiger partial charge in [-0.05, 0) is 31.1 Å². The molecule has 1 rings (SSSR count). The Morgan fingerprint density at radius 2 is 1.87 bits per heavy atom. The minimum absolute atomic E-state index is 0.149. The summed E-state index contributed by atoms with van der Waals surface area (Å²) in [6.45, 7) is 10.4. The van der Waals surface area contributed by atoms with E-state index >= 15 is 0 Å². The number of carbonyl (C=O) groups is 1. The zero-order valence-corrected chi connectivity index (χ0v) is 10.6. The van der Waals surface area contributed by atoms with Gasteiger partial charge in [0.25, 0.3) is 0 Å². The first-order valence-electron chi connectivity index (χ1n) is 6.29. The van der Waals surface area contributed by atoms with E-state index in [1.165, 1.54) is 12.8 Å². The highest BCUT2D eigenvalue weighted by molar-refractivity contribution is 5.78. The van der Waals surface area contributed by atoms with Crippen molar-refractivity contribution >= 4 is 5.91 Å². The van der Waals surface area contributed by atoms with E-state index in [1.54, 1.807) is 0 Å². The fourth-order valence-corrected chi connectivity index (χ4v) is 1.68. The number of hydrogen-bond donors (Lipinski definition) is 0. The van der Waals surface area contributed by atoms with Gasteiger partial charge in [-0.2, -0.15) is 0 Å². The van der Waals surface area contributed by atoms with Crippen molar-refractivity contribution in [3.63, 3.8) is 0 Å². The molecule has 2 heteroatoms. The molecule has 1 saturated carbocycles. The third-order valence-electron chi connectivity index (χ3n) is 2.96. The highest BCUT2D eigenvalue weighted by Crippen LogP contribution is 2.30. The summed E-state index contributed by atoms with van der Waals surface area (Å²) in [7, 11) is 0. The molecule has 0 unspecified atom stereocenters. The van der Waals surface area contributed by atoms with Crippen LogP contribution in [0.3, 0.4) is 0 Å². The van der Waals surface area contributed by atoms with Gasteiger partial charge in [0.2, 0.25) is 5.91 Å². The standard InChI is InChI=1S/C13H25NO/c1-10(2)7-8-14(9-12-5-6-12)13(15)11(3)4/h10-12H,5-9H2,1-4H3. The van der Waals surface area contributed by atoms with E-state index < -0.39 is 0 Å². The van der Waals surface area contributed by atoms with Crippen LogP contribution in [0.5, 0.6) is 0 Å². The maximum atomic E-state index is 11.9. The van der Waals surface area contributed by atoms with Crippen LogP contribution >= 0.6 is 0 Å². The van der Waals surface area contributed by atoms with Crippen molar-refractivity contribution in [3.05, 3.63) is 0 Å². The van der Waals surface area contributed by atoms with Crippen LogP contribution in [0.15, 0.2) is 0 Å². The van der Waals surface area contributed by atoms with Gasteiger partial charge in [-0.3, -0.25) is 4.79 Å². The van der Waals surface area contributed by atoms with Gasteiger partial charge in [-0.1, -0.05) is 27.7 Å². The van der Waals surface area contributed by atoms with E-state index in [0.29, 0.717) is 11.8 Å². The van der Waals surface area contributed by atoms with Crippen molar-refractivity contribution in [1.29, 1.82) is 0 Å². The van der Waals surface area contributed by atoms with Crippen molar-refractivity contribution < 1.29 is 4.79 Å². The largest absolute Gasteiger partial charge is 0.342 e. The lowest BCUT2D eigenvalue weighted by molar-refractivity contribution is -0.134. The zero-order valence-electron chi connectivity index (χ0n) is 10.6. The van der Waals surface area contributed by atoms with Gasteiger partial charge in [-0.15, -0.1) is 0 Å². The highest BCUT2D eigenvalue weighted by atomic mass is 16.2. The average Bonchev–Trinajstić information content (AvgIpc) is 2.94. The number of nitrogens with zero attached hydrogens (tertiary/aromatic N) is 1. The maximum Gasteiger partial charge on any atom is 0.225 e. The Morgan fingerprint density at radius 3 is 2.27 bits per heavy atom. The molecule has 0 aromatic rings. The fraction of sp³-hybridized carbons (Fsp3) is 0.923. The topological polar surface area (TPSA) is 20.3 Å². The molecule has 0 radical (unpaired) electrons. The first-order valence-corrected chi connectivity index (χ1v) is 6.29. The van der Waals surface area contributed by atoms with Gasteiger partial charge in [0.05, 0.1) is 0 Å². The predicted octanol–water partition coefficient (Wildman–Crippen LogP) is 2.93. The third-order valence-corrected chi connectivity index (χ3v) is 2.96. The number of carbonyl (C=O) groups excluding carboxylic acids is 1. The van der Waals surface area contributed by atoms with Crippen LogP contribution < -0.4 is 0 Å². The molecule has 1 amide bonds. The Bertz CT molecular complexity index is 207. The minimum Gasteiger partial charge on any atom is -0.342 e. The van der Waals surface area contributed by atoms with E-state index in [4.69, 9.17) is 0 Å². The Morgan fingerprint density at radius 1 is 1.27 bits per heavy atom. The summed E-state index contributed by atoms with van der Waals surface area (Å²) in [5.41, 5.74) is 0. The molecule has 0 bridgehead atoms. The molecule has 0 aromatic heterocycles. The quantitative estimate of drug-likeness (QED) is 0.661. The SMILES string of the molecule is CC(C)CCN(CC1CC1)C(=O)C(C)C. The normalized spacial score (nSPS) is 16.1. The molecule has 0 N–H and O–H groups in total. The molecule has 1 aliphatic carbocycles. The number of rotatable bonds is 6. The van der Waals surface area contributed by atoms with Crippen molar-refractivity contribution in [2.24, 2.45) is 17.8 Å². The second-order valence-electron chi connectivity index (χ2n) is 5.56. The molecule has 0 aromatic carbocycles. The van der Waals surface area contributed by atoms with E-state index in [2.05, 4.69) is 18.7 Å². The molecule has 0 heterocycles. The molecule has 88 valence electrons. The van der Waals surface area contributed by atoms with Crippen LogP contribution in [0.25, 0.3) is 0 Å². The van der Waals surface area contributed by atoms with Crippen molar-refractivity contribution in [1.82, 2.24) is 4.90 Å². The second kappa shape index (κ2) is 5.53. The summed E-state index contributed by atoms with van der Waals surface area (Å²) in [5, 5.41) is 0. The number of hydrogen-bond acceptors (Lipinski definition) is 1. The summed E-state index contributed by atoms with van der Waals surface area (Å²) in [4.78, 5) is 14.0. The Labute approximate surface area is 94.0 Å². The van der Waals surface area contributed by atoms with Gasteiger partial charge in [0.15, 0.2) is 0 Å². The van der Waals surface area contributed by atoms with E-state index in [-0.39, 0.29) is 5.92 Å². The van der Waals surface area contributed by atoms with Crippen LogP contribution in [0.1, 0.15) is 47.0 Å². The number of amides is 1. The predicted molar refractivity (Wildman–Crippen MR) is 63.6 cm³/mol. The third kappa shape index (κ3) is 4.67. The summed E-state index contributed by atoms with van der Waals surface area (Å²) in [5.74, 6) is 1.98. The molecule has 2 nitrogen and oxygen atoms in total. The second-order valence-corrected chi connectivity index (χ2v) is 5.56. The molecule has 1 fully saturated rings. The fourth-order valence-electron chi connectivity index (χ4n) is 1.68. The molecule has 0 spiro atoms. The monoisotopic (exact) mass is 211 g/mol. The lowest BCUT2D eigenvalue weighted by Gasteiger charge is -2.25. The van der Waals surface area contributed by atoms with Gasteiger partial charge >= 0.3 is 0 Å². The van der Waals surface area contributed by atoms with E-state index in [1.807, 2.05) is 13.8 Å². The summed E-state index contributed by atoms with van der Waals surface area (Å²) < 4.78 is 0. The van der Waals surface area contributed by atoms with Gasteiger partial charge in [-0.25, -0.2) is 0 Å². The smallest absolute Gasteiger partial charge is 0.225 e. The maximum absolute atomic E-state index is 11.9. The molecule has 0 aliphatic heterocycles.